The van der Waals surface area contributed by atoms with Gasteiger partial charge in [-0.25, -0.2) is 9.97 Å². The first-order valence-electron chi connectivity index (χ1n) is 8.63. The van der Waals surface area contributed by atoms with Crippen LogP contribution in [0.5, 0.6) is 0 Å². The van der Waals surface area contributed by atoms with E-state index >= 15 is 0 Å². The summed E-state index contributed by atoms with van der Waals surface area (Å²) in [6.07, 6.45) is 7.87. The van der Waals surface area contributed by atoms with Crippen molar-refractivity contribution in [3.63, 3.8) is 0 Å². The van der Waals surface area contributed by atoms with Gasteiger partial charge in [0.15, 0.2) is 5.65 Å². The highest BCUT2D eigenvalue weighted by Gasteiger charge is 2.53. The van der Waals surface area contributed by atoms with E-state index in [2.05, 4.69) is 27.1 Å². The summed E-state index contributed by atoms with van der Waals surface area (Å²) in [5.74, 6) is 0.294. The third-order valence-corrected chi connectivity index (χ3v) is 5.61. The van der Waals surface area contributed by atoms with Crippen molar-refractivity contribution in [2.45, 2.75) is 25.2 Å². The van der Waals surface area contributed by atoms with Gasteiger partial charge in [-0.1, -0.05) is 0 Å². The van der Waals surface area contributed by atoms with Gasteiger partial charge in [0.05, 0.1) is 17.8 Å². The van der Waals surface area contributed by atoms with Crippen LogP contribution in [-0.4, -0.2) is 38.8 Å². The minimum Gasteiger partial charge on any atom is -0.360 e. The Bertz CT molecular complexity index is 1040. The molecule has 1 N–H and O–H groups in total. The fraction of sp³-hybridized carbons (Fsp3) is 0.368. The van der Waals surface area contributed by atoms with Gasteiger partial charge in [0.2, 0.25) is 5.91 Å². The molecule has 1 aliphatic heterocycles. The van der Waals surface area contributed by atoms with E-state index < -0.39 is 5.41 Å². The zero-order chi connectivity index (χ0) is 17.0. The van der Waals surface area contributed by atoms with Crippen LogP contribution in [0.25, 0.3) is 21.9 Å². The largest absolute Gasteiger partial charge is 0.360 e. The fourth-order valence-electron chi connectivity index (χ4n) is 4.02. The molecule has 1 saturated carbocycles. The lowest BCUT2D eigenvalue weighted by Crippen LogP contribution is -2.34. The van der Waals surface area contributed by atoms with E-state index in [9.17, 15) is 10.1 Å². The van der Waals surface area contributed by atoms with Crippen molar-refractivity contribution in [2.24, 2.45) is 5.41 Å². The predicted octanol–water partition coefficient (Wildman–Crippen LogP) is 2.73. The highest BCUT2D eigenvalue weighted by atomic mass is 16.2. The zero-order valence-electron chi connectivity index (χ0n) is 13.7. The summed E-state index contributed by atoms with van der Waals surface area (Å²) in [6.45, 7) is 1.40. The summed E-state index contributed by atoms with van der Waals surface area (Å²) in [4.78, 5) is 26.5. The Morgan fingerprint density at radius 1 is 1.36 bits per heavy atom. The number of nitriles is 1. The van der Waals surface area contributed by atoms with Gasteiger partial charge in [0, 0.05) is 42.2 Å². The Kier molecular flexibility index (Phi) is 2.90. The van der Waals surface area contributed by atoms with Gasteiger partial charge in [0.25, 0.3) is 0 Å². The molecule has 1 saturated heterocycles. The van der Waals surface area contributed by atoms with Crippen molar-refractivity contribution in [3.8, 4) is 6.07 Å². The molecule has 0 bridgehead atoms. The van der Waals surface area contributed by atoms with Crippen LogP contribution < -0.4 is 0 Å². The number of fused-ring (bicyclic) bond motifs is 3. The molecule has 3 aromatic heterocycles. The van der Waals surface area contributed by atoms with E-state index in [1.165, 1.54) is 5.56 Å². The van der Waals surface area contributed by atoms with Gasteiger partial charge in [-0.15, -0.1) is 0 Å². The van der Waals surface area contributed by atoms with Crippen LogP contribution in [0.15, 0.2) is 30.7 Å². The number of nitrogens with zero attached hydrogens (tertiary/aromatic N) is 4. The molecule has 5 rings (SSSR count). The van der Waals surface area contributed by atoms with Gasteiger partial charge >= 0.3 is 0 Å². The third kappa shape index (κ3) is 2.05. The van der Waals surface area contributed by atoms with Crippen molar-refractivity contribution < 1.29 is 4.79 Å². The van der Waals surface area contributed by atoms with E-state index in [1.54, 1.807) is 6.20 Å². The molecular weight excluding hydrogens is 314 g/mol. The monoisotopic (exact) mass is 331 g/mol. The van der Waals surface area contributed by atoms with Crippen LogP contribution in [0, 0.1) is 16.7 Å². The molecular formula is C19H17N5O. The normalized spacial score (nSPS) is 21.6. The molecule has 124 valence electrons. The number of pyridine rings is 2. The average molecular weight is 331 g/mol. The lowest BCUT2D eigenvalue weighted by atomic mass is 9.94. The molecule has 25 heavy (non-hydrogen) atoms. The second-order valence-electron chi connectivity index (χ2n) is 7.09. The molecule has 2 aliphatic rings. The lowest BCUT2D eigenvalue weighted by Gasteiger charge is -2.20. The molecule has 3 aromatic rings. The number of amides is 1. The number of carbonyl (C=O) groups excluding carboxylic acids is 1. The third-order valence-electron chi connectivity index (χ3n) is 5.61. The number of nitrogens with one attached hydrogen (secondary N) is 1. The first-order valence-corrected chi connectivity index (χ1v) is 8.63. The minimum atomic E-state index is -0.728. The summed E-state index contributed by atoms with van der Waals surface area (Å²) >= 11 is 0. The van der Waals surface area contributed by atoms with Crippen LogP contribution in [0.3, 0.4) is 0 Å². The highest BCUT2D eigenvalue weighted by Crippen LogP contribution is 2.47. The van der Waals surface area contributed by atoms with Gasteiger partial charge in [-0.2, -0.15) is 5.26 Å². The quantitative estimate of drug-likeness (QED) is 0.782. The van der Waals surface area contributed by atoms with Crippen molar-refractivity contribution in [3.05, 3.63) is 36.3 Å². The SMILES string of the molecule is N#CC1(C(=O)N2CCC(c3cc[nH]c4cnc5nccc5c34)C2)CC1. The standard InChI is InChI=1S/C19H17N5O/c20-11-19(4-5-19)18(25)24-8-3-12(10-24)13-1-6-21-15-9-23-17-14(16(13)15)2-7-22-17/h1-2,6-7,9,12,21H,3-5,8,10H2. The van der Waals surface area contributed by atoms with Crippen molar-refractivity contribution in [1.82, 2.24) is 19.9 Å². The molecule has 1 atom stereocenters. The fourth-order valence-corrected chi connectivity index (χ4v) is 4.02. The highest BCUT2D eigenvalue weighted by molar-refractivity contribution is 6.05. The number of aromatic amines is 1. The Balaban J connectivity index is 1.53. The zero-order valence-corrected chi connectivity index (χ0v) is 13.7. The summed E-state index contributed by atoms with van der Waals surface area (Å²) < 4.78 is 0. The van der Waals surface area contributed by atoms with Crippen molar-refractivity contribution >= 4 is 27.8 Å². The van der Waals surface area contributed by atoms with E-state index in [4.69, 9.17) is 0 Å². The number of hydrogen-bond acceptors (Lipinski definition) is 4. The minimum absolute atomic E-state index is 0.0195. The summed E-state index contributed by atoms with van der Waals surface area (Å²) in [5.41, 5.74) is 2.24. The van der Waals surface area contributed by atoms with Gasteiger partial charge < -0.3 is 9.88 Å². The Labute approximate surface area is 144 Å². The molecule has 0 aromatic carbocycles. The van der Waals surface area contributed by atoms with Crippen molar-refractivity contribution in [2.75, 3.05) is 13.1 Å². The first-order chi connectivity index (χ1) is 12.2. The van der Waals surface area contributed by atoms with E-state index in [-0.39, 0.29) is 11.8 Å². The number of carbonyl (C=O) groups is 1. The van der Waals surface area contributed by atoms with Crippen LogP contribution >= 0.6 is 0 Å². The summed E-state index contributed by atoms with van der Waals surface area (Å²) in [5, 5.41) is 11.5. The maximum atomic E-state index is 12.6. The Morgan fingerprint density at radius 3 is 3.04 bits per heavy atom. The summed E-state index contributed by atoms with van der Waals surface area (Å²) in [7, 11) is 0. The molecule has 0 radical (unpaired) electrons. The second kappa shape index (κ2) is 5.03. The smallest absolute Gasteiger partial charge is 0.243 e. The number of rotatable bonds is 2. The Morgan fingerprint density at radius 2 is 2.24 bits per heavy atom. The van der Waals surface area contributed by atoms with Crippen LogP contribution in [0.1, 0.15) is 30.7 Å². The molecule has 6 nitrogen and oxygen atoms in total. The van der Waals surface area contributed by atoms with Gasteiger partial charge in [-0.05, 0) is 37.0 Å². The van der Waals surface area contributed by atoms with Gasteiger partial charge in [-0.3, -0.25) is 4.79 Å². The topological polar surface area (TPSA) is 85.7 Å². The molecule has 1 aliphatic carbocycles. The predicted molar refractivity (Wildman–Crippen MR) is 92.6 cm³/mol. The van der Waals surface area contributed by atoms with Gasteiger partial charge in [0.1, 0.15) is 5.41 Å². The van der Waals surface area contributed by atoms with Crippen LogP contribution in [-0.2, 0) is 4.79 Å². The second-order valence-corrected chi connectivity index (χ2v) is 7.09. The Hall–Kier alpha value is -2.94. The average Bonchev–Trinajstić information content (AvgIpc) is 3.07. The number of H-pyrrole nitrogens is 1. The molecule has 1 amide bonds. The van der Waals surface area contributed by atoms with E-state index in [1.807, 2.05) is 23.4 Å². The lowest BCUT2D eigenvalue weighted by molar-refractivity contribution is -0.133. The van der Waals surface area contributed by atoms with Crippen molar-refractivity contribution in [1.29, 1.82) is 5.26 Å². The maximum Gasteiger partial charge on any atom is 0.243 e. The van der Waals surface area contributed by atoms with E-state index in [0.717, 1.165) is 34.9 Å². The molecule has 2 fully saturated rings. The number of hydrogen-bond donors (Lipinski definition) is 1. The first kappa shape index (κ1) is 14.4. The van der Waals surface area contributed by atoms with Crippen LogP contribution in [0.4, 0.5) is 0 Å². The molecule has 0 spiro atoms. The maximum absolute atomic E-state index is 12.6. The number of aromatic nitrogens is 3. The molecule has 1 unspecified atom stereocenters. The van der Waals surface area contributed by atoms with Crippen LogP contribution in [0.2, 0.25) is 0 Å². The molecule has 4 heterocycles. The summed E-state index contributed by atoms with van der Waals surface area (Å²) in [6, 6.07) is 6.32. The van der Waals surface area contributed by atoms with E-state index in [0.29, 0.717) is 19.4 Å². The molecule has 6 heteroatoms. The number of likely N-dealkylation sites (tertiary alicyclic amines) is 1.